The molecule has 0 saturated heterocycles. The fourth-order valence-electron chi connectivity index (χ4n) is 4.67. The minimum Gasteiger partial charge on any atom is -0.478 e. The van der Waals surface area contributed by atoms with Crippen molar-refractivity contribution in [3.05, 3.63) is 109 Å². The molecule has 0 aliphatic heterocycles. The van der Waals surface area contributed by atoms with Gasteiger partial charge in [0, 0.05) is 5.56 Å². The predicted molar refractivity (Wildman–Crippen MR) is 129 cm³/mol. The maximum Gasteiger partial charge on any atom is 0.336 e. The third kappa shape index (κ3) is 2.77. The zero-order valence-corrected chi connectivity index (χ0v) is 16.7. The van der Waals surface area contributed by atoms with E-state index in [4.69, 9.17) is 0 Å². The summed E-state index contributed by atoms with van der Waals surface area (Å²) in [6, 6.07) is 34.9. The first-order valence-corrected chi connectivity index (χ1v) is 10.3. The highest BCUT2D eigenvalue weighted by Gasteiger charge is 2.18. The van der Waals surface area contributed by atoms with Crippen LogP contribution in [0.1, 0.15) is 10.4 Å². The molecule has 0 aliphatic rings. The lowest BCUT2D eigenvalue weighted by molar-refractivity contribution is 0.0698. The van der Waals surface area contributed by atoms with Crippen molar-refractivity contribution in [2.45, 2.75) is 0 Å². The van der Waals surface area contributed by atoms with Gasteiger partial charge in [0.25, 0.3) is 0 Å². The third-order valence-electron chi connectivity index (χ3n) is 6.13. The molecule has 6 aromatic rings. The second-order valence-corrected chi connectivity index (χ2v) is 7.94. The lowest BCUT2D eigenvalue weighted by Crippen LogP contribution is -2.01. The number of aromatic carboxylic acids is 1. The molecular weight excluding hydrogens is 380 g/mol. The first kappa shape index (κ1) is 17.7. The molecule has 6 rings (SSSR count). The summed E-state index contributed by atoms with van der Waals surface area (Å²) in [6.07, 6.45) is 0. The molecule has 0 heterocycles. The minimum atomic E-state index is -0.914. The number of hydrogen-bond donors (Lipinski definition) is 1. The van der Waals surface area contributed by atoms with Gasteiger partial charge in [-0.25, -0.2) is 4.79 Å². The fourth-order valence-corrected chi connectivity index (χ4v) is 4.67. The second kappa shape index (κ2) is 6.68. The molecule has 0 aliphatic carbocycles. The van der Waals surface area contributed by atoms with Gasteiger partial charge < -0.3 is 5.11 Å². The Balaban J connectivity index is 1.78. The zero-order valence-electron chi connectivity index (χ0n) is 16.7. The van der Waals surface area contributed by atoms with Gasteiger partial charge in [-0.15, -0.1) is 0 Å². The van der Waals surface area contributed by atoms with E-state index in [-0.39, 0.29) is 0 Å². The van der Waals surface area contributed by atoms with Gasteiger partial charge >= 0.3 is 5.97 Å². The molecule has 0 bridgehead atoms. The lowest BCUT2D eigenvalue weighted by atomic mass is 9.88. The second-order valence-electron chi connectivity index (χ2n) is 7.94. The van der Waals surface area contributed by atoms with Gasteiger partial charge in [0.15, 0.2) is 0 Å². The largest absolute Gasteiger partial charge is 0.478 e. The number of hydrogen-bond acceptors (Lipinski definition) is 1. The van der Waals surface area contributed by atoms with Crippen molar-refractivity contribution < 1.29 is 9.90 Å². The van der Waals surface area contributed by atoms with E-state index in [0.717, 1.165) is 48.8 Å². The number of carbonyl (C=O) groups is 1. The number of fused-ring (bicyclic) bond motifs is 4. The highest BCUT2D eigenvalue weighted by atomic mass is 16.4. The molecule has 6 aromatic carbocycles. The molecule has 0 fully saturated rings. The van der Waals surface area contributed by atoms with E-state index in [1.807, 2.05) is 42.5 Å². The maximum atomic E-state index is 12.3. The molecule has 2 heteroatoms. The van der Waals surface area contributed by atoms with Crippen LogP contribution in [0.2, 0.25) is 0 Å². The Morgan fingerprint density at radius 2 is 1.03 bits per heavy atom. The fraction of sp³-hybridized carbons (Fsp3) is 0. The van der Waals surface area contributed by atoms with Crippen LogP contribution in [0.4, 0.5) is 0 Å². The molecule has 0 radical (unpaired) electrons. The summed E-state index contributed by atoms with van der Waals surface area (Å²) in [5.74, 6) is -0.914. The number of carboxylic acids is 1. The Labute approximate surface area is 179 Å². The van der Waals surface area contributed by atoms with E-state index in [9.17, 15) is 9.90 Å². The minimum absolute atomic E-state index is 0.323. The third-order valence-corrected chi connectivity index (χ3v) is 6.13. The van der Waals surface area contributed by atoms with Crippen molar-refractivity contribution in [3.8, 4) is 11.1 Å². The molecule has 0 unspecified atom stereocenters. The first-order chi connectivity index (χ1) is 15.2. The standard InChI is InChI=1S/C29H18O2/c30-29(31)25-13-12-23-15-19-7-2-4-9-21(19)17-27(23)28(25)24-11-5-10-22-14-18-6-1-3-8-20(18)16-26(22)24/h1-17H,(H,30,31). The topological polar surface area (TPSA) is 37.3 Å². The Morgan fingerprint density at radius 3 is 1.65 bits per heavy atom. The molecular formula is C29H18O2. The SMILES string of the molecule is O=C(O)c1ccc2cc3ccccc3cc2c1-c1cccc2cc3ccccc3cc12. The van der Waals surface area contributed by atoms with Crippen LogP contribution in [0, 0.1) is 0 Å². The summed E-state index contributed by atoms with van der Waals surface area (Å²) < 4.78 is 0. The summed E-state index contributed by atoms with van der Waals surface area (Å²) in [6.45, 7) is 0. The highest BCUT2D eigenvalue weighted by Crippen LogP contribution is 2.39. The Kier molecular flexibility index (Phi) is 3.81. The van der Waals surface area contributed by atoms with Gasteiger partial charge in [-0.1, -0.05) is 72.8 Å². The smallest absolute Gasteiger partial charge is 0.336 e. The molecule has 0 spiro atoms. The quantitative estimate of drug-likeness (QED) is 0.304. The summed E-state index contributed by atoms with van der Waals surface area (Å²) in [4.78, 5) is 12.3. The predicted octanol–water partition coefficient (Wildman–Crippen LogP) is 7.66. The lowest BCUT2D eigenvalue weighted by Gasteiger charge is -2.15. The zero-order chi connectivity index (χ0) is 20.9. The summed E-state index contributed by atoms with van der Waals surface area (Å²) in [5, 5.41) is 18.8. The number of rotatable bonds is 2. The van der Waals surface area contributed by atoms with Crippen LogP contribution in [0.25, 0.3) is 54.2 Å². The molecule has 146 valence electrons. The van der Waals surface area contributed by atoms with E-state index in [1.165, 1.54) is 5.39 Å². The number of benzene rings is 6. The summed E-state index contributed by atoms with van der Waals surface area (Å²) in [5.41, 5.74) is 2.04. The molecule has 0 aromatic heterocycles. The maximum absolute atomic E-state index is 12.3. The monoisotopic (exact) mass is 398 g/mol. The first-order valence-electron chi connectivity index (χ1n) is 10.3. The van der Waals surface area contributed by atoms with Gasteiger partial charge in [0.05, 0.1) is 5.56 Å². The summed E-state index contributed by atoms with van der Waals surface area (Å²) >= 11 is 0. The van der Waals surface area contributed by atoms with Crippen LogP contribution in [-0.4, -0.2) is 11.1 Å². The molecule has 2 nitrogen and oxygen atoms in total. The van der Waals surface area contributed by atoms with E-state index in [2.05, 4.69) is 54.6 Å². The van der Waals surface area contributed by atoms with E-state index in [0.29, 0.717) is 5.56 Å². The highest BCUT2D eigenvalue weighted by molar-refractivity contribution is 6.16. The Morgan fingerprint density at radius 1 is 0.516 bits per heavy atom. The van der Waals surface area contributed by atoms with Crippen LogP contribution in [0.15, 0.2) is 103 Å². The van der Waals surface area contributed by atoms with Gasteiger partial charge in [-0.2, -0.15) is 0 Å². The van der Waals surface area contributed by atoms with E-state index < -0.39 is 5.97 Å². The Bertz CT molecular complexity index is 1660. The molecule has 0 amide bonds. The van der Waals surface area contributed by atoms with Gasteiger partial charge in [0.2, 0.25) is 0 Å². The van der Waals surface area contributed by atoms with Crippen molar-refractivity contribution >= 4 is 49.1 Å². The summed E-state index contributed by atoms with van der Waals surface area (Å²) in [7, 11) is 0. The Hall–Kier alpha value is -4.17. The van der Waals surface area contributed by atoms with Crippen LogP contribution in [0.5, 0.6) is 0 Å². The average molecular weight is 398 g/mol. The van der Waals surface area contributed by atoms with Gasteiger partial charge in [-0.05, 0) is 79.0 Å². The van der Waals surface area contributed by atoms with Crippen LogP contribution in [-0.2, 0) is 0 Å². The van der Waals surface area contributed by atoms with Crippen molar-refractivity contribution in [1.82, 2.24) is 0 Å². The molecule has 1 N–H and O–H groups in total. The van der Waals surface area contributed by atoms with Crippen molar-refractivity contribution in [3.63, 3.8) is 0 Å². The van der Waals surface area contributed by atoms with E-state index in [1.54, 1.807) is 6.07 Å². The van der Waals surface area contributed by atoms with Gasteiger partial charge in [0.1, 0.15) is 0 Å². The van der Waals surface area contributed by atoms with Crippen LogP contribution in [0.3, 0.4) is 0 Å². The van der Waals surface area contributed by atoms with Gasteiger partial charge in [-0.3, -0.25) is 0 Å². The normalized spacial score (nSPS) is 11.5. The molecule has 0 saturated carbocycles. The van der Waals surface area contributed by atoms with Crippen molar-refractivity contribution in [1.29, 1.82) is 0 Å². The average Bonchev–Trinajstić information content (AvgIpc) is 2.80. The van der Waals surface area contributed by atoms with Crippen molar-refractivity contribution in [2.75, 3.05) is 0 Å². The van der Waals surface area contributed by atoms with Crippen LogP contribution < -0.4 is 0 Å². The van der Waals surface area contributed by atoms with Crippen LogP contribution >= 0.6 is 0 Å². The molecule has 0 atom stereocenters. The molecule has 31 heavy (non-hydrogen) atoms. The van der Waals surface area contributed by atoms with Crippen molar-refractivity contribution in [2.24, 2.45) is 0 Å². The van der Waals surface area contributed by atoms with E-state index >= 15 is 0 Å². The number of carboxylic acid groups (broad SMARTS) is 1.